The SMILES string of the molecule is Cc1cccc(-c2nnc(S[C@@H](C)C(=O)N3c4ccccc4C[C@H]3C)o2)c1. The van der Waals surface area contributed by atoms with Crippen LogP contribution < -0.4 is 4.90 Å². The number of aryl methyl sites for hydroxylation is 1. The number of fused-ring (bicyclic) bond motifs is 1. The third-order valence-corrected chi connectivity index (χ3v) is 5.66. The largest absolute Gasteiger partial charge is 0.411 e. The molecule has 0 fully saturated rings. The van der Waals surface area contributed by atoms with Crippen LogP contribution in [0, 0.1) is 6.92 Å². The highest BCUT2D eigenvalue weighted by atomic mass is 32.2. The second-order valence-electron chi connectivity index (χ2n) is 6.89. The molecule has 0 spiro atoms. The van der Waals surface area contributed by atoms with Crippen LogP contribution in [0.25, 0.3) is 11.5 Å². The van der Waals surface area contributed by atoms with Gasteiger partial charge in [-0.25, -0.2) is 0 Å². The van der Waals surface area contributed by atoms with Gasteiger partial charge in [-0.15, -0.1) is 10.2 Å². The molecule has 0 saturated heterocycles. The van der Waals surface area contributed by atoms with Crippen molar-refractivity contribution in [2.45, 2.75) is 43.7 Å². The van der Waals surface area contributed by atoms with Crippen molar-refractivity contribution in [3.63, 3.8) is 0 Å². The first kappa shape index (κ1) is 17.8. The predicted molar refractivity (Wildman–Crippen MR) is 107 cm³/mol. The van der Waals surface area contributed by atoms with Crippen molar-refractivity contribution in [3.05, 3.63) is 59.7 Å². The van der Waals surface area contributed by atoms with Crippen molar-refractivity contribution in [1.29, 1.82) is 0 Å². The minimum atomic E-state index is -0.315. The minimum Gasteiger partial charge on any atom is -0.411 e. The molecule has 0 N–H and O–H groups in total. The first-order valence-corrected chi connectivity index (χ1v) is 9.89. The Morgan fingerprint density at radius 2 is 2.04 bits per heavy atom. The average molecular weight is 379 g/mol. The number of aromatic nitrogens is 2. The number of nitrogens with zero attached hydrogens (tertiary/aromatic N) is 3. The summed E-state index contributed by atoms with van der Waals surface area (Å²) in [5.74, 6) is 0.536. The summed E-state index contributed by atoms with van der Waals surface area (Å²) in [6, 6.07) is 16.2. The molecule has 2 atom stereocenters. The fraction of sp³-hybridized carbons (Fsp3) is 0.286. The first-order valence-electron chi connectivity index (χ1n) is 9.01. The van der Waals surface area contributed by atoms with Gasteiger partial charge >= 0.3 is 0 Å². The van der Waals surface area contributed by atoms with Crippen molar-refractivity contribution in [2.24, 2.45) is 0 Å². The molecule has 138 valence electrons. The summed E-state index contributed by atoms with van der Waals surface area (Å²) in [6.07, 6.45) is 0.886. The Morgan fingerprint density at radius 3 is 2.85 bits per heavy atom. The van der Waals surface area contributed by atoms with Crippen molar-refractivity contribution in [1.82, 2.24) is 10.2 Å². The third kappa shape index (κ3) is 3.49. The van der Waals surface area contributed by atoms with Crippen LogP contribution in [0.2, 0.25) is 0 Å². The number of amides is 1. The molecule has 2 aromatic carbocycles. The molecule has 1 amide bonds. The number of carbonyl (C=O) groups excluding carboxylic acids is 1. The van der Waals surface area contributed by atoms with E-state index >= 15 is 0 Å². The Bertz CT molecular complexity index is 985. The number of carbonyl (C=O) groups is 1. The Balaban J connectivity index is 1.50. The van der Waals surface area contributed by atoms with E-state index in [1.165, 1.54) is 17.3 Å². The third-order valence-electron chi connectivity index (χ3n) is 4.74. The van der Waals surface area contributed by atoms with Gasteiger partial charge in [-0.3, -0.25) is 4.79 Å². The van der Waals surface area contributed by atoms with Gasteiger partial charge in [0.2, 0.25) is 11.8 Å². The maximum Gasteiger partial charge on any atom is 0.277 e. The van der Waals surface area contributed by atoms with Gasteiger partial charge in [-0.2, -0.15) is 0 Å². The number of thioether (sulfide) groups is 1. The molecule has 27 heavy (non-hydrogen) atoms. The minimum absolute atomic E-state index is 0.0627. The first-order chi connectivity index (χ1) is 13.0. The lowest BCUT2D eigenvalue weighted by Gasteiger charge is -2.25. The Hall–Kier alpha value is -2.60. The standard InChI is InChI=1S/C21H21N3O2S/c1-13-7-6-9-17(11-13)19-22-23-21(26-19)27-15(3)20(25)24-14(2)12-16-8-4-5-10-18(16)24/h4-11,14-15H,12H2,1-3H3/t14-,15+/m1/s1. The second kappa shape index (κ2) is 7.19. The van der Waals surface area contributed by atoms with Crippen LogP contribution in [-0.4, -0.2) is 27.4 Å². The summed E-state index contributed by atoms with van der Waals surface area (Å²) in [6.45, 7) is 5.99. The van der Waals surface area contributed by atoms with Gasteiger partial charge in [-0.05, 0) is 51.0 Å². The van der Waals surface area contributed by atoms with Crippen LogP contribution in [0.4, 0.5) is 5.69 Å². The molecule has 5 nitrogen and oxygen atoms in total. The van der Waals surface area contributed by atoms with Crippen molar-refractivity contribution in [3.8, 4) is 11.5 Å². The molecular weight excluding hydrogens is 358 g/mol. The molecule has 0 bridgehead atoms. The molecular formula is C21H21N3O2S. The van der Waals surface area contributed by atoms with E-state index in [-0.39, 0.29) is 17.2 Å². The molecule has 0 unspecified atom stereocenters. The highest BCUT2D eigenvalue weighted by Crippen LogP contribution is 2.35. The van der Waals surface area contributed by atoms with Crippen LogP contribution in [-0.2, 0) is 11.2 Å². The topological polar surface area (TPSA) is 59.2 Å². The molecule has 6 heteroatoms. The lowest BCUT2D eigenvalue weighted by molar-refractivity contribution is -0.118. The van der Waals surface area contributed by atoms with Crippen molar-refractivity contribution < 1.29 is 9.21 Å². The predicted octanol–water partition coefficient (Wildman–Crippen LogP) is 4.50. The molecule has 0 aliphatic carbocycles. The number of rotatable bonds is 4. The summed E-state index contributed by atoms with van der Waals surface area (Å²) in [7, 11) is 0. The fourth-order valence-electron chi connectivity index (χ4n) is 3.45. The van der Waals surface area contributed by atoms with Gasteiger partial charge in [0.1, 0.15) is 0 Å². The van der Waals surface area contributed by atoms with Gasteiger partial charge in [0.05, 0.1) is 5.25 Å². The lowest BCUT2D eigenvalue weighted by atomic mass is 10.1. The van der Waals surface area contributed by atoms with Gasteiger partial charge in [0.15, 0.2) is 0 Å². The molecule has 0 saturated carbocycles. The van der Waals surface area contributed by atoms with E-state index in [4.69, 9.17) is 4.42 Å². The van der Waals surface area contributed by atoms with E-state index in [1.807, 2.05) is 61.2 Å². The Morgan fingerprint density at radius 1 is 1.22 bits per heavy atom. The van der Waals surface area contributed by atoms with Gasteiger partial charge < -0.3 is 9.32 Å². The smallest absolute Gasteiger partial charge is 0.277 e. The molecule has 4 rings (SSSR count). The van der Waals surface area contributed by atoms with Gasteiger partial charge in [-0.1, -0.05) is 47.7 Å². The molecule has 1 aromatic heterocycles. The van der Waals surface area contributed by atoms with E-state index in [9.17, 15) is 4.79 Å². The highest BCUT2D eigenvalue weighted by Gasteiger charge is 2.34. The zero-order valence-electron chi connectivity index (χ0n) is 15.5. The maximum atomic E-state index is 13.1. The summed E-state index contributed by atoms with van der Waals surface area (Å²) in [4.78, 5) is 15.0. The van der Waals surface area contributed by atoms with Crippen LogP contribution in [0.15, 0.2) is 58.2 Å². The zero-order valence-corrected chi connectivity index (χ0v) is 16.4. The Labute approximate surface area is 162 Å². The summed E-state index contributed by atoms with van der Waals surface area (Å²) < 4.78 is 5.77. The number of anilines is 1. The van der Waals surface area contributed by atoms with Crippen molar-refractivity contribution >= 4 is 23.4 Å². The maximum absolute atomic E-state index is 13.1. The quantitative estimate of drug-likeness (QED) is 0.625. The molecule has 1 aliphatic rings. The fourth-order valence-corrected chi connectivity index (χ4v) is 4.18. The van der Waals surface area contributed by atoms with Gasteiger partial charge in [0.25, 0.3) is 5.22 Å². The van der Waals surface area contributed by atoms with Crippen LogP contribution in [0.1, 0.15) is 25.0 Å². The highest BCUT2D eigenvalue weighted by molar-refractivity contribution is 8.00. The summed E-state index contributed by atoms with van der Waals surface area (Å²) in [5.41, 5.74) is 4.24. The lowest BCUT2D eigenvalue weighted by Crippen LogP contribution is -2.40. The normalized spacial score (nSPS) is 17.0. The molecule has 2 heterocycles. The molecule has 0 radical (unpaired) electrons. The monoisotopic (exact) mass is 379 g/mol. The van der Waals surface area contributed by atoms with E-state index < -0.39 is 0 Å². The average Bonchev–Trinajstić information content (AvgIpc) is 3.24. The zero-order chi connectivity index (χ0) is 19.0. The number of benzene rings is 2. The molecule has 3 aromatic rings. The number of para-hydroxylation sites is 1. The van der Waals surface area contributed by atoms with E-state index in [1.54, 1.807) is 0 Å². The summed E-state index contributed by atoms with van der Waals surface area (Å²) >= 11 is 1.30. The van der Waals surface area contributed by atoms with Crippen LogP contribution in [0.3, 0.4) is 0 Å². The van der Waals surface area contributed by atoms with Crippen molar-refractivity contribution in [2.75, 3.05) is 4.90 Å². The summed E-state index contributed by atoms with van der Waals surface area (Å²) in [5, 5.41) is 8.33. The van der Waals surface area contributed by atoms with Gasteiger partial charge in [0, 0.05) is 17.3 Å². The second-order valence-corrected chi connectivity index (χ2v) is 8.18. The van der Waals surface area contributed by atoms with Crippen LogP contribution in [0.5, 0.6) is 0 Å². The van der Waals surface area contributed by atoms with E-state index in [0.29, 0.717) is 11.1 Å². The number of hydrogen-bond acceptors (Lipinski definition) is 5. The van der Waals surface area contributed by atoms with E-state index in [2.05, 4.69) is 23.2 Å². The van der Waals surface area contributed by atoms with E-state index in [0.717, 1.165) is 23.2 Å². The number of hydrogen-bond donors (Lipinski definition) is 0. The van der Waals surface area contributed by atoms with Crippen LogP contribution >= 0.6 is 11.8 Å². The molecule has 1 aliphatic heterocycles. The Kier molecular flexibility index (Phi) is 4.74.